The number of carbonyl (C=O) groups is 2. The number of nitrogens with zero attached hydrogens (tertiary/aromatic N) is 1. The van der Waals surface area contributed by atoms with Crippen molar-refractivity contribution in [3.05, 3.63) is 65.2 Å². The highest BCUT2D eigenvalue weighted by Crippen LogP contribution is 2.22. The summed E-state index contributed by atoms with van der Waals surface area (Å²) in [6, 6.07) is 15.3. The molecule has 3 N–H and O–H groups in total. The second-order valence-corrected chi connectivity index (χ2v) is 6.84. The minimum atomic E-state index is -0.379. The fraction of sp³-hybridized carbons (Fsp3) is 0.333. The molecule has 1 fully saturated rings. The fourth-order valence-electron chi connectivity index (χ4n) is 3.23. The first kappa shape index (κ1) is 20.8. The summed E-state index contributed by atoms with van der Waals surface area (Å²) >= 11 is 0. The van der Waals surface area contributed by atoms with E-state index in [1.807, 2.05) is 55.5 Å². The van der Waals surface area contributed by atoms with Gasteiger partial charge in [0.2, 0.25) is 11.8 Å². The third-order valence-electron chi connectivity index (χ3n) is 4.80. The maximum absolute atomic E-state index is 12.6. The quantitative estimate of drug-likeness (QED) is 0.748. The van der Waals surface area contributed by atoms with Crippen LogP contribution >= 0.6 is 12.4 Å². The molecule has 5 nitrogen and oxygen atoms in total. The van der Waals surface area contributed by atoms with E-state index in [0.29, 0.717) is 25.9 Å². The number of nitrogens with two attached hydrogens (primary N) is 1. The highest BCUT2D eigenvalue weighted by Gasteiger charge is 2.35. The van der Waals surface area contributed by atoms with Crippen LogP contribution in [0.5, 0.6) is 0 Å². The number of benzene rings is 2. The molecule has 27 heavy (non-hydrogen) atoms. The summed E-state index contributed by atoms with van der Waals surface area (Å²) < 4.78 is 0. The van der Waals surface area contributed by atoms with Crippen LogP contribution in [0.15, 0.2) is 48.5 Å². The van der Waals surface area contributed by atoms with E-state index >= 15 is 0 Å². The molecule has 1 saturated heterocycles. The van der Waals surface area contributed by atoms with E-state index < -0.39 is 0 Å². The van der Waals surface area contributed by atoms with Crippen LogP contribution in [-0.2, 0) is 22.6 Å². The second-order valence-electron chi connectivity index (χ2n) is 6.84. The van der Waals surface area contributed by atoms with Gasteiger partial charge in [-0.05, 0) is 43.0 Å². The second kappa shape index (κ2) is 9.42. The highest BCUT2D eigenvalue weighted by molar-refractivity contribution is 5.90. The molecule has 2 amide bonds. The Morgan fingerprint density at radius 1 is 1.11 bits per heavy atom. The third-order valence-corrected chi connectivity index (χ3v) is 4.80. The van der Waals surface area contributed by atoms with Crippen molar-refractivity contribution < 1.29 is 9.59 Å². The molecule has 3 rings (SSSR count). The largest absolute Gasteiger partial charge is 0.399 e. The summed E-state index contributed by atoms with van der Waals surface area (Å²) in [4.78, 5) is 26.5. The number of nitrogen functional groups attached to an aromatic ring is 1. The van der Waals surface area contributed by atoms with Crippen molar-refractivity contribution in [1.82, 2.24) is 10.2 Å². The molecule has 144 valence electrons. The number of hydrogen-bond donors (Lipinski definition) is 2. The van der Waals surface area contributed by atoms with Gasteiger partial charge in [0.15, 0.2) is 0 Å². The number of nitrogens with one attached hydrogen (secondary N) is 1. The Labute approximate surface area is 166 Å². The lowest BCUT2D eigenvalue weighted by Crippen LogP contribution is -2.44. The predicted molar refractivity (Wildman–Crippen MR) is 110 cm³/mol. The summed E-state index contributed by atoms with van der Waals surface area (Å²) in [6.45, 7) is 3.06. The van der Waals surface area contributed by atoms with Gasteiger partial charge in [-0.1, -0.05) is 42.0 Å². The molecule has 0 bridgehead atoms. The maximum atomic E-state index is 12.6. The number of hydrogen-bond acceptors (Lipinski definition) is 3. The van der Waals surface area contributed by atoms with E-state index in [9.17, 15) is 9.59 Å². The highest BCUT2D eigenvalue weighted by atomic mass is 35.5. The summed E-state index contributed by atoms with van der Waals surface area (Å²) in [5.41, 5.74) is 9.76. The first-order valence-corrected chi connectivity index (χ1v) is 9.00. The van der Waals surface area contributed by atoms with E-state index in [1.165, 1.54) is 5.56 Å². The molecular weight excluding hydrogens is 362 g/mol. The Hall–Kier alpha value is -2.53. The van der Waals surface area contributed by atoms with Crippen LogP contribution in [0, 0.1) is 6.92 Å². The van der Waals surface area contributed by atoms with Crippen molar-refractivity contribution in [3.8, 4) is 0 Å². The van der Waals surface area contributed by atoms with Gasteiger partial charge < -0.3 is 16.0 Å². The van der Waals surface area contributed by atoms with Gasteiger partial charge in [0.25, 0.3) is 0 Å². The van der Waals surface area contributed by atoms with Gasteiger partial charge in [0, 0.05) is 25.2 Å². The number of carbonyl (C=O) groups excluding carboxylic acids is 2. The minimum Gasteiger partial charge on any atom is -0.399 e. The smallest absolute Gasteiger partial charge is 0.242 e. The molecule has 0 saturated carbocycles. The molecule has 0 spiro atoms. The van der Waals surface area contributed by atoms with Crippen molar-refractivity contribution in [3.63, 3.8) is 0 Å². The summed E-state index contributed by atoms with van der Waals surface area (Å²) in [6.07, 6.45) is 1.75. The van der Waals surface area contributed by atoms with Crippen LogP contribution in [0.4, 0.5) is 5.69 Å². The third kappa shape index (κ3) is 5.47. The average molecular weight is 388 g/mol. The van der Waals surface area contributed by atoms with Gasteiger partial charge in [0.05, 0.1) is 0 Å². The Morgan fingerprint density at radius 3 is 2.41 bits per heavy atom. The zero-order valence-corrected chi connectivity index (χ0v) is 16.3. The monoisotopic (exact) mass is 387 g/mol. The first-order valence-electron chi connectivity index (χ1n) is 9.00. The molecule has 0 aliphatic carbocycles. The number of anilines is 1. The lowest BCUT2D eigenvalue weighted by Gasteiger charge is -2.24. The van der Waals surface area contributed by atoms with Crippen LogP contribution in [-0.4, -0.2) is 29.3 Å². The van der Waals surface area contributed by atoms with E-state index in [0.717, 1.165) is 23.2 Å². The van der Waals surface area contributed by atoms with E-state index in [-0.39, 0.29) is 30.3 Å². The molecular formula is C21H26ClN3O2. The van der Waals surface area contributed by atoms with Gasteiger partial charge in [0.1, 0.15) is 6.04 Å². The molecule has 2 aromatic rings. The van der Waals surface area contributed by atoms with Gasteiger partial charge in [-0.15, -0.1) is 12.4 Å². The molecule has 0 radical (unpaired) electrons. The topological polar surface area (TPSA) is 75.4 Å². The first-order chi connectivity index (χ1) is 12.5. The van der Waals surface area contributed by atoms with Crippen LogP contribution in [0.1, 0.15) is 29.5 Å². The van der Waals surface area contributed by atoms with Gasteiger partial charge in [-0.3, -0.25) is 9.59 Å². The standard InChI is InChI=1S/C21H25N3O2.ClH/c1-15-2-4-17(5-3-15)14-24-19(10-11-20(24)25)21(26)23-13-12-16-6-8-18(22)9-7-16;/h2-9,19H,10-14,22H2,1H3,(H,23,26);1H. The van der Waals surface area contributed by atoms with Crippen LogP contribution in [0.25, 0.3) is 0 Å². The van der Waals surface area contributed by atoms with Crippen molar-refractivity contribution in [2.45, 2.75) is 38.8 Å². The Kier molecular flexibility index (Phi) is 7.25. The van der Waals surface area contributed by atoms with Crippen LogP contribution < -0.4 is 11.1 Å². The number of amides is 2. The summed E-state index contributed by atoms with van der Waals surface area (Å²) in [5, 5.41) is 2.97. The zero-order chi connectivity index (χ0) is 18.5. The molecule has 2 aromatic carbocycles. The molecule has 1 heterocycles. The van der Waals surface area contributed by atoms with Crippen LogP contribution in [0.3, 0.4) is 0 Å². The normalized spacial score (nSPS) is 16.1. The minimum absolute atomic E-state index is 0. The predicted octanol–water partition coefficient (Wildman–Crippen LogP) is 2.85. The molecule has 0 aromatic heterocycles. The zero-order valence-electron chi connectivity index (χ0n) is 15.5. The van der Waals surface area contributed by atoms with Crippen molar-refractivity contribution in [1.29, 1.82) is 0 Å². The number of rotatable bonds is 6. The lowest BCUT2D eigenvalue weighted by molar-refractivity contribution is -0.135. The van der Waals surface area contributed by atoms with Crippen molar-refractivity contribution in [2.24, 2.45) is 0 Å². The Bertz CT molecular complexity index is 775. The molecule has 1 unspecified atom stereocenters. The van der Waals surface area contributed by atoms with E-state index in [4.69, 9.17) is 5.73 Å². The number of halogens is 1. The summed E-state index contributed by atoms with van der Waals surface area (Å²) in [5.74, 6) is -0.0253. The molecule has 6 heteroatoms. The SMILES string of the molecule is Cc1ccc(CN2C(=O)CCC2C(=O)NCCc2ccc(N)cc2)cc1.Cl. The Balaban J connectivity index is 0.00000261. The van der Waals surface area contributed by atoms with Gasteiger partial charge in [-0.2, -0.15) is 0 Å². The number of likely N-dealkylation sites (tertiary alicyclic amines) is 1. The lowest BCUT2D eigenvalue weighted by atomic mass is 10.1. The van der Waals surface area contributed by atoms with Crippen LogP contribution in [0.2, 0.25) is 0 Å². The fourth-order valence-corrected chi connectivity index (χ4v) is 3.23. The maximum Gasteiger partial charge on any atom is 0.242 e. The number of aryl methyl sites for hydroxylation is 1. The average Bonchev–Trinajstić information content (AvgIpc) is 2.99. The molecule has 1 atom stereocenters. The molecule has 1 aliphatic rings. The Morgan fingerprint density at radius 2 is 1.74 bits per heavy atom. The van der Waals surface area contributed by atoms with E-state index in [2.05, 4.69) is 5.32 Å². The van der Waals surface area contributed by atoms with Gasteiger partial charge in [-0.25, -0.2) is 0 Å². The molecule has 1 aliphatic heterocycles. The van der Waals surface area contributed by atoms with E-state index in [1.54, 1.807) is 4.90 Å². The summed E-state index contributed by atoms with van der Waals surface area (Å²) in [7, 11) is 0. The van der Waals surface area contributed by atoms with Crippen molar-refractivity contribution >= 4 is 29.9 Å². The van der Waals surface area contributed by atoms with Gasteiger partial charge >= 0.3 is 0 Å². The van der Waals surface area contributed by atoms with Crippen molar-refractivity contribution in [2.75, 3.05) is 12.3 Å².